The Balaban J connectivity index is 1.42. The number of halogens is 2. The lowest BCUT2D eigenvalue weighted by Crippen LogP contribution is -2.62. The molecule has 0 spiro atoms. The zero-order valence-corrected chi connectivity index (χ0v) is 42.7. The maximum atomic E-state index is 14.6. The zero-order chi connectivity index (χ0) is 50.6. The summed E-state index contributed by atoms with van der Waals surface area (Å²) in [4.78, 5) is 18.6. The third-order valence-electron chi connectivity index (χ3n) is 15.6. The molecule has 0 bridgehead atoms. The Morgan fingerprint density at radius 3 is 2.31 bits per heavy atom. The Hall–Kier alpha value is -2.75. The van der Waals surface area contributed by atoms with Crippen LogP contribution in [0.15, 0.2) is 24.4 Å². The summed E-state index contributed by atoms with van der Waals surface area (Å²) in [5.41, 5.74) is -3.04. The lowest BCUT2D eigenvalue weighted by atomic mass is 9.68. The van der Waals surface area contributed by atoms with Crippen molar-refractivity contribution in [3.05, 3.63) is 47.3 Å². The van der Waals surface area contributed by atoms with Gasteiger partial charge < -0.3 is 59.0 Å². The van der Waals surface area contributed by atoms with E-state index in [9.17, 15) is 39.1 Å². The first kappa shape index (κ1) is 56.2. The van der Waals surface area contributed by atoms with Crippen molar-refractivity contribution in [2.24, 2.45) is 23.7 Å². The Kier molecular flexibility index (Phi) is 19.2. The van der Waals surface area contributed by atoms with Gasteiger partial charge in [-0.3, -0.25) is 9.48 Å². The van der Waals surface area contributed by atoms with Crippen LogP contribution in [-0.4, -0.2) is 175 Å². The van der Waals surface area contributed by atoms with Gasteiger partial charge in [-0.2, -0.15) is 0 Å². The first-order valence-electron chi connectivity index (χ1n) is 24.7. The smallest absolute Gasteiger partial charge is 0.309 e. The van der Waals surface area contributed by atoms with Crippen molar-refractivity contribution in [3.8, 4) is 0 Å². The van der Waals surface area contributed by atoms with Crippen LogP contribution in [0.4, 0.5) is 8.78 Å². The van der Waals surface area contributed by atoms with Crippen molar-refractivity contribution < 1.29 is 62.8 Å². The number of ether oxygens (including phenoxy) is 5. The summed E-state index contributed by atoms with van der Waals surface area (Å²) in [6, 6.07) is 2.89. The molecule has 3 aliphatic heterocycles. The third kappa shape index (κ3) is 13.0. The van der Waals surface area contributed by atoms with Crippen molar-refractivity contribution in [2.45, 2.75) is 205 Å². The zero-order valence-electron chi connectivity index (χ0n) is 42.7. The number of esters is 1. The molecule has 3 saturated heterocycles. The van der Waals surface area contributed by atoms with E-state index in [0.717, 1.165) is 11.8 Å². The maximum absolute atomic E-state index is 14.6. The molecule has 16 nitrogen and oxygen atoms in total. The second-order valence-corrected chi connectivity index (χ2v) is 21.3. The lowest BCUT2D eigenvalue weighted by Gasteiger charge is -2.51. The van der Waals surface area contributed by atoms with Crippen LogP contribution in [0.5, 0.6) is 0 Å². The molecule has 1 aromatic carbocycles. The summed E-state index contributed by atoms with van der Waals surface area (Å²) in [7, 11) is 5.30. The first-order chi connectivity index (χ1) is 31.7. The van der Waals surface area contributed by atoms with Gasteiger partial charge in [0.25, 0.3) is 0 Å². The number of hydrogen-bond acceptors (Lipinski definition) is 15. The highest BCUT2D eigenvalue weighted by Gasteiger charge is 2.55. The van der Waals surface area contributed by atoms with E-state index in [0.29, 0.717) is 50.9 Å². The highest BCUT2D eigenvalue weighted by molar-refractivity contribution is 5.73. The summed E-state index contributed by atoms with van der Waals surface area (Å²) in [6.45, 7) is 19.3. The largest absolute Gasteiger partial charge is 0.459 e. The van der Waals surface area contributed by atoms with Crippen LogP contribution < -0.4 is 0 Å². The number of rotatable bonds is 13. The molecule has 18 heteroatoms. The molecule has 1 unspecified atom stereocenters. The van der Waals surface area contributed by atoms with Crippen LogP contribution in [-0.2, 0) is 47.9 Å². The Labute approximate surface area is 402 Å². The summed E-state index contributed by atoms with van der Waals surface area (Å²) in [5, 5.41) is 68.4. The van der Waals surface area contributed by atoms with Gasteiger partial charge in [0.15, 0.2) is 17.9 Å². The highest BCUT2D eigenvalue weighted by atomic mass is 19.2. The average Bonchev–Trinajstić information content (AvgIpc) is 3.73. The molecule has 4 heterocycles. The summed E-state index contributed by atoms with van der Waals surface area (Å²) < 4.78 is 60.9. The number of benzene rings is 1. The minimum Gasteiger partial charge on any atom is -0.459 e. The van der Waals surface area contributed by atoms with Crippen molar-refractivity contribution in [1.29, 1.82) is 0 Å². The molecule has 0 radical (unpaired) electrons. The van der Waals surface area contributed by atoms with Gasteiger partial charge in [-0.05, 0) is 130 Å². The van der Waals surface area contributed by atoms with Crippen LogP contribution in [0.1, 0.15) is 113 Å². The molecule has 3 fully saturated rings. The number of aryl methyl sites for hydroxylation is 3. The van der Waals surface area contributed by atoms with E-state index >= 15 is 0 Å². The number of cyclic esters (lactones) is 1. The van der Waals surface area contributed by atoms with Gasteiger partial charge in [0.2, 0.25) is 0 Å². The van der Waals surface area contributed by atoms with E-state index in [1.807, 2.05) is 46.0 Å². The predicted molar refractivity (Wildman–Crippen MR) is 250 cm³/mol. The van der Waals surface area contributed by atoms with Crippen molar-refractivity contribution in [1.82, 2.24) is 24.8 Å². The molecule has 0 saturated carbocycles. The molecule has 0 aliphatic carbocycles. The number of aromatic nitrogens is 3. The van der Waals surface area contributed by atoms with Crippen molar-refractivity contribution in [2.75, 3.05) is 34.3 Å². The molecule has 3 aliphatic rings. The molecule has 5 rings (SSSR count). The first-order valence-corrected chi connectivity index (χ1v) is 24.7. The van der Waals surface area contributed by atoms with Crippen LogP contribution in [0.2, 0.25) is 0 Å². The van der Waals surface area contributed by atoms with E-state index in [1.165, 1.54) is 20.1 Å². The number of hydrogen-bond donors (Lipinski definition) is 5. The van der Waals surface area contributed by atoms with E-state index in [1.54, 1.807) is 52.3 Å². The van der Waals surface area contributed by atoms with Crippen LogP contribution in [0.25, 0.3) is 0 Å². The number of aliphatic hydroxyl groups is 5. The number of carbonyl (C=O) groups is 1. The Morgan fingerprint density at radius 1 is 0.971 bits per heavy atom. The molecule has 388 valence electrons. The molecular formula is C50H83F2N5O11. The van der Waals surface area contributed by atoms with E-state index in [2.05, 4.69) is 15.2 Å². The highest BCUT2D eigenvalue weighted by Crippen LogP contribution is 2.45. The monoisotopic (exact) mass is 968 g/mol. The number of carbonyl (C=O) groups excluding carboxylic acids is 1. The molecule has 68 heavy (non-hydrogen) atoms. The van der Waals surface area contributed by atoms with E-state index < -0.39 is 113 Å². The molecule has 1 aromatic heterocycles. The van der Waals surface area contributed by atoms with Crippen LogP contribution >= 0.6 is 0 Å². The van der Waals surface area contributed by atoms with Gasteiger partial charge in [-0.1, -0.05) is 39.0 Å². The van der Waals surface area contributed by atoms with Crippen molar-refractivity contribution >= 4 is 5.97 Å². The Morgan fingerprint density at radius 2 is 1.66 bits per heavy atom. The number of nitrogens with zero attached hydrogens (tertiary/aromatic N) is 5. The lowest BCUT2D eigenvalue weighted by molar-refractivity contribution is -0.303. The fourth-order valence-corrected chi connectivity index (χ4v) is 11.4. The minimum absolute atomic E-state index is 0.178. The fourth-order valence-electron chi connectivity index (χ4n) is 11.4. The van der Waals surface area contributed by atoms with Gasteiger partial charge >= 0.3 is 5.97 Å². The van der Waals surface area contributed by atoms with Crippen LogP contribution in [0, 0.1) is 35.3 Å². The number of aliphatic hydroxyl groups excluding tert-OH is 3. The molecule has 0 amide bonds. The predicted octanol–water partition coefficient (Wildman–Crippen LogP) is 4.29. The molecular weight excluding hydrogens is 885 g/mol. The van der Waals surface area contributed by atoms with Gasteiger partial charge in [0.05, 0.1) is 47.2 Å². The van der Waals surface area contributed by atoms with Gasteiger partial charge in [-0.25, -0.2) is 8.78 Å². The fraction of sp³-hybridized carbons (Fsp3) is 0.820. The normalized spacial score (nSPS) is 40.7. The van der Waals surface area contributed by atoms with Crippen LogP contribution in [0.3, 0.4) is 0 Å². The SMILES string of the molecule is CC[C@H]1OC(=O)[C@H](C)[C@@H](C2C[C@@](C)(OC)[C@@H](O)[C@H](C)O2)[C@H](C)[C@@H](O[C@@H]2O[C@H](C)C[C@H](N(C)CCCc3cn(CCc4ccc(F)c(F)c4)nn3)[C@H]2O)[C@](C)(O)C[C@@H](C)CN(C)[C@H](C)[C@@H](O)[C@]1(C)O. The number of methoxy groups -OCH3 is 1. The van der Waals surface area contributed by atoms with E-state index in [-0.39, 0.29) is 31.3 Å². The third-order valence-corrected chi connectivity index (χ3v) is 15.6. The van der Waals surface area contributed by atoms with Gasteiger partial charge in [0.1, 0.15) is 30.0 Å². The number of likely N-dealkylation sites (N-methyl/N-ethyl adjacent to an activating group) is 2. The molecule has 18 atom stereocenters. The van der Waals surface area contributed by atoms with Gasteiger partial charge in [-0.15, -0.1) is 5.10 Å². The van der Waals surface area contributed by atoms with Gasteiger partial charge in [0, 0.05) is 50.8 Å². The quantitative estimate of drug-likeness (QED) is 0.178. The second kappa shape index (κ2) is 23.2. The molecule has 2 aromatic rings. The van der Waals surface area contributed by atoms with E-state index in [4.69, 9.17) is 23.7 Å². The molecule has 5 N–H and O–H groups in total. The minimum atomic E-state index is -1.82. The summed E-state index contributed by atoms with van der Waals surface area (Å²) in [5.74, 6) is -4.94. The van der Waals surface area contributed by atoms with Crippen molar-refractivity contribution in [3.63, 3.8) is 0 Å². The maximum Gasteiger partial charge on any atom is 0.309 e. The summed E-state index contributed by atoms with van der Waals surface area (Å²) in [6.07, 6.45) is -3.80. The average molecular weight is 968 g/mol. The second-order valence-electron chi connectivity index (χ2n) is 21.3. The standard InChI is InChI=1S/C50H83F2N5O11/c1-14-40-50(10,63)43(59)32(6)56(12)26-28(2)24-48(8,62)45(30(4)41(31(5)46(61)67-40)39-25-49(9,64-13)44(60)33(7)66-39)68-47-42(58)38(22-29(3)65-47)55(11)20-15-16-35-27-57(54-53-35)21-19-34-17-18-36(51)37(52)23-34/h17-18,23,27-33,38-45,47,58-60,62-63H,14-16,19-22,24-26H2,1-13H3/t28-,29-,30+,31-,32-,33+,38+,39?,40-,41+,42-,43-,44+,45-,47+,48-,49-,50-/m1/s1. The Bertz CT molecular complexity index is 1930. The topological polar surface area (TPSA) is 202 Å². The summed E-state index contributed by atoms with van der Waals surface area (Å²) >= 11 is 0.